The van der Waals surface area contributed by atoms with Crippen molar-refractivity contribution in [2.75, 3.05) is 7.11 Å². The molecule has 0 bridgehead atoms. The lowest BCUT2D eigenvalue weighted by molar-refractivity contribution is 0.404. The fourth-order valence-corrected chi connectivity index (χ4v) is 3.57. The molecule has 3 nitrogen and oxygen atoms in total. The lowest BCUT2D eigenvalue weighted by Gasteiger charge is -2.14. The van der Waals surface area contributed by atoms with E-state index in [-0.39, 0.29) is 0 Å². The molecule has 0 aliphatic heterocycles. The average Bonchev–Trinajstić information content (AvgIpc) is 3.01. The third-order valence-corrected chi connectivity index (χ3v) is 5.20. The molecule has 1 atom stereocenters. The molecule has 0 saturated heterocycles. The van der Waals surface area contributed by atoms with Crippen LogP contribution in [0.2, 0.25) is 10.0 Å². The molecule has 132 valence electrons. The van der Waals surface area contributed by atoms with Gasteiger partial charge >= 0.3 is 0 Å². The minimum Gasteiger partial charge on any atom is -0.496 e. The van der Waals surface area contributed by atoms with Crippen LogP contribution in [0.3, 0.4) is 0 Å². The SMILES string of the molecule is COc1ccc(Cl)cc1C(N)c1cc2cc(C(C)C)c(C)c(Cl)c2o1. The number of halogens is 2. The molecule has 25 heavy (non-hydrogen) atoms. The third-order valence-electron chi connectivity index (χ3n) is 4.51. The van der Waals surface area contributed by atoms with Gasteiger partial charge < -0.3 is 14.9 Å². The maximum absolute atomic E-state index is 6.54. The van der Waals surface area contributed by atoms with E-state index in [1.165, 1.54) is 5.56 Å². The fraction of sp³-hybridized carbons (Fsp3) is 0.300. The Morgan fingerprint density at radius 2 is 1.80 bits per heavy atom. The van der Waals surface area contributed by atoms with Gasteiger partial charge in [0, 0.05) is 16.0 Å². The summed E-state index contributed by atoms with van der Waals surface area (Å²) in [6.07, 6.45) is 0. The number of benzene rings is 2. The highest BCUT2D eigenvalue weighted by Crippen LogP contribution is 2.38. The Kier molecular flexibility index (Phi) is 5.01. The van der Waals surface area contributed by atoms with Crippen LogP contribution in [0.25, 0.3) is 11.0 Å². The van der Waals surface area contributed by atoms with Gasteiger partial charge in [-0.05, 0) is 54.3 Å². The zero-order valence-corrected chi connectivity index (χ0v) is 16.2. The average molecular weight is 378 g/mol. The van der Waals surface area contributed by atoms with Gasteiger partial charge in [0.15, 0.2) is 5.58 Å². The number of hydrogen-bond acceptors (Lipinski definition) is 3. The molecule has 0 spiro atoms. The molecule has 1 aromatic heterocycles. The molecule has 0 aliphatic rings. The summed E-state index contributed by atoms with van der Waals surface area (Å²) in [4.78, 5) is 0. The van der Waals surface area contributed by atoms with Gasteiger partial charge in [0.2, 0.25) is 0 Å². The Balaban J connectivity index is 2.14. The van der Waals surface area contributed by atoms with Gasteiger partial charge in [-0.3, -0.25) is 0 Å². The van der Waals surface area contributed by atoms with Crippen LogP contribution in [0, 0.1) is 6.92 Å². The highest BCUT2D eigenvalue weighted by Gasteiger charge is 2.21. The number of ether oxygens (including phenoxy) is 1. The van der Waals surface area contributed by atoms with Crippen LogP contribution in [-0.4, -0.2) is 7.11 Å². The highest BCUT2D eigenvalue weighted by atomic mass is 35.5. The summed E-state index contributed by atoms with van der Waals surface area (Å²) in [5.41, 5.74) is 10.1. The van der Waals surface area contributed by atoms with Crippen molar-refractivity contribution < 1.29 is 9.15 Å². The van der Waals surface area contributed by atoms with Crippen molar-refractivity contribution in [2.24, 2.45) is 5.73 Å². The zero-order chi connectivity index (χ0) is 18.3. The first-order chi connectivity index (χ1) is 11.8. The molecule has 5 heteroatoms. The van der Waals surface area contributed by atoms with Crippen LogP contribution < -0.4 is 10.5 Å². The maximum atomic E-state index is 6.54. The van der Waals surface area contributed by atoms with Crippen LogP contribution >= 0.6 is 23.2 Å². The molecular formula is C20H21Cl2NO2. The van der Waals surface area contributed by atoms with Gasteiger partial charge in [-0.1, -0.05) is 37.0 Å². The Morgan fingerprint density at radius 1 is 1.08 bits per heavy atom. The first kappa shape index (κ1) is 18.1. The van der Waals surface area contributed by atoms with Gasteiger partial charge in [-0.25, -0.2) is 0 Å². The van der Waals surface area contributed by atoms with Gasteiger partial charge in [-0.2, -0.15) is 0 Å². The largest absolute Gasteiger partial charge is 0.496 e. The van der Waals surface area contributed by atoms with Crippen LogP contribution in [0.15, 0.2) is 34.7 Å². The minimum absolute atomic E-state index is 0.377. The summed E-state index contributed by atoms with van der Waals surface area (Å²) in [6, 6.07) is 8.93. The van der Waals surface area contributed by atoms with Crippen molar-refractivity contribution in [1.82, 2.24) is 0 Å². The number of hydrogen-bond donors (Lipinski definition) is 1. The minimum atomic E-state index is -0.500. The van der Waals surface area contributed by atoms with Gasteiger partial charge in [0.25, 0.3) is 0 Å². The molecule has 0 aliphatic carbocycles. The Bertz CT molecular complexity index is 931. The van der Waals surface area contributed by atoms with E-state index in [1.807, 2.05) is 13.0 Å². The lowest BCUT2D eigenvalue weighted by Crippen LogP contribution is -2.12. The molecule has 0 fully saturated rings. The first-order valence-electron chi connectivity index (χ1n) is 8.15. The standard InChI is InChI=1S/C20H21Cl2NO2/c1-10(2)14-7-12-8-17(25-20(12)18(22)11(14)3)19(23)15-9-13(21)5-6-16(15)24-4/h5-10,19H,23H2,1-4H3. The molecular weight excluding hydrogens is 357 g/mol. The summed E-state index contributed by atoms with van der Waals surface area (Å²) >= 11 is 12.7. The Labute approximate surface area is 157 Å². The van der Waals surface area contributed by atoms with E-state index < -0.39 is 6.04 Å². The number of nitrogens with two attached hydrogens (primary N) is 1. The summed E-state index contributed by atoms with van der Waals surface area (Å²) in [5, 5.41) is 2.18. The quantitative estimate of drug-likeness (QED) is 0.586. The Morgan fingerprint density at radius 3 is 2.44 bits per heavy atom. The zero-order valence-electron chi connectivity index (χ0n) is 14.7. The van der Waals surface area contributed by atoms with Crippen LogP contribution in [0.5, 0.6) is 5.75 Å². The molecule has 3 aromatic rings. The number of rotatable bonds is 4. The monoisotopic (exact) mass is 377 g/mol. The second kappa shape index (κ2) is 6.91. The third kappa shape index (κ3) is 3.24. The normalized spacial score (nSPS) is 12.8. The van der Waals surface area contributed by atoms with Crippen molar-refractivity contribution >= 4 is 34.2 Å². The lowest BCUT2D eigenvalue weighted by atomic mass is 9.96. The van der Waals surface area contributed by atoms with E-state index in [4.69, 9.17) is 38.1 Å². The topological polar surface area (TPSA) is 48.4 Å². The molecule has 0 amide bonds. The second-order valence-electron chi connectivity index (χ2n) is 6.49. The van der Waals surface area contributed by atoms with Crippen LogP contribution in [-0.2, 0) is 0 Å². The van der Waals surface area contributed by atoms with Crippen LogP contribution in [0.4, 0.5) is 0 Å². The number of methoxy groups -OCH3 is 1. The highest BCUT2D eigenvalue weighted by molar-refractivity contribution is 6.35. The van der Waals surface area contributed by atoms with E-state index in [2.05, 4.69) is 19.9 Å². The van der Waals surface area contributed by atoms with Crippen molar-refractivity contribution in [3.8, 4) is 5.75 Å². The van der Waals surface area contributed by atoms with Gasteiger partial charge in [0.05, 0.1) is 18.2 Å². The molecule has 1 unspecified atom stereocenters. The van der Waals surface area contributed by atoms with E-state index in [0.29, 0.717) is 33.1 Å². The maximum Gasteiger partial charge on any atom is 0.153 e. The van der Waals surface area contributed by atoms with Gasteiger partial charge in [0.1, 0.15) is 11.5 Å². The summed E-state index contributed by atoms with van der Waals surface area (Å²) in [6.45, 7) is 6.31. The first-order valence-corrected chi connectivity index (χ1v) is 8.90. The fourth-order valence-electron chi connectivity index (χ4n) is 3.13. The van der Waals surface area contributed by atoms with Crippen molar-refractivity contribution in [1.29, 1.82) is 0 Å². The second-order valence-corrected chi connectivity index (χ2v) is 7.30. The molecule has 1 heterocycles. The molecule has 3 rings (SSSR count). The van der Waals surface area contributed by atoms with Gasteiger partial charge in [-0.15, -0.1) is 0 Å². The molecule has 0 saturated carbocycles. The van der Waals surface area contributed by atoms with E-state index in [9.17, 15) is 0 Å². The number of fused-ring (bicyclic) bond motifs is 1. The van der Waals surface area contributed by atoms with E-state index in [0.717, 1.165) is 16.5 Å². The van der Waals surface area contributed by atoms with Crippen molar-refractivity contribution in [2.45, 2.75) is 32.7 Å². The predicted molar refractivity (Wildman–Crippen MR) is 104 cm³/mol. The van der Waals surface area contributed by atoms with Crippen molar-refractivity contribution in [3.63, 3.8) is 0 Å². The van der Waals surface area contributed by atoms with Crippen LogP contribution in [0.1, 0.15) is 48.3 Å². The van der Waals surface area contributed by atoms with Crippen molar-refractivity contribution in [3.05, 3.63) is 62.8 Å². The summed E-state index contributed by atoms with van der Waals surface area (Å²) in [5.74, 6) is 1.67. The molecule has 2 aromatic carbocycles. The summed E-state index contributed by atoms with van der Waals surface area (Å²) in [7, 11) is 1.60. The number of furan rings is 1. The molecule has 2 N–H and O–H groups in total. The van der Waals surface area contributed by atoms with E-state index in [1.54, 1.807) is 25.3 Å². The van der Waals surface area contributed by atoms with E-state index >= 15 is 0 Å². The summed E-state index contributed by atoms with van der Waals surface area (Å²) < 4.78 is 11.4. The molecule has 0 radical (unpaired) electrons. The smallest absolute Gasteiger partial charge is 0.153 e. The predicted octanol–water partition coefficient (Wildman–Crippen LogP) is 6.23. The Hall–Kier alpha value is -1.68.